The van der Waals surface area contributed by atoms with Crippen molar-refractivity contribution in [2.75, 3.05) is 20.2 Å². The number of likely N-dealkylation sites (tertiary alicyclic amines) is 1. The number of carbonyl (C=O) groups is 1. The fourth-order valence-electron chi connectivity index (χ4n) is 1.67. The van der Waals surface area contributed by atoms with Gasteiger partial charge in [0.05, 0.1) is 13.5 Å². The molecule has 0 aliphatic carbocycles. The molecule has 0 radical (unpaired) electrons. The Morgan fingerprint density at radius 1 is 1.77 bits per heavy atom. The lowest BCUT2D eigenvalue weighted by Gasteiger charge is -2.22. The number of methoxy groups -OCH3 is 1. The molecule has 4 nitrogen and oxygen atoms in total. The minimum Gasteiger partial charge on any atom is -0.469 e. The van der Waals surface area contributed by atoms with E-state index in [4.69, 9.17) is 5.73 Å². The summed E-state index contributed by atoms with van der Waals surface area (Å²) in [6.45, 7) is 3.94. The molecule has 1 aliphatic rings. The Bertz CT molecular complexity index is 184. The van der Waals surface area contributed by atoms with E-state index in [1.807, 2.05) is 6.92 Å². The predicted octanol–water partition coefficient (Wildman–Crippen LogP) is -0.0290. The second kappa shape index (κ2) is 4.58. The maximum absolute atomic E-state index is 11.0. The van der Waals surface area contributed by atoms with Gasteiger partial charge in [-0.1, -0.05) is 0 Å². The molecule has 2 atom stereocenters. The van der Waals surface area contributed by atoms with Gasteiger partial charge in [-0.25, -0.2) is 0 Å². The minimum absolute atomic E-state index is 0.145. The molecule has 4 heteroatoms. The third-order valence-corrected chi connectivity index (χ3v) is 2.57. The first-order chi connectivity index (χ1) is 6.13. The van der Waals surface area contributed by atoms with Crippen LogP contribution in [0.3, 0.4) is 0 Å². The van der Waals surface area contributed by atoms with Crippen LogP contribution in [0.5, 0.6) is 0 Å². The van der Waals surface area contributed by atoms with Crippen LogP contribution in [0.15, 0.2) is 0 Å². The summed E-state index contributed by atoms with van der Waals surface area (Å²) in [6.07, 6.45) is 1.49. The number of carbonyl (C=O) groups excluding carboxylic acids is 1. The molecule has 1 heterocycles. The van der Waals surface area contributed by atoms with Gasteiger partial charge < -0.3 is 10.5 Å². The molecule has 1 fully saturated rings. The second-order valence-electron chi connectivity index (χ2n) is 3.67. The number of hydrogen-bond donors (Lipinski definition) is 1. The average Bonchev–Trinajstić information content (AvgIpc) is 2.51. The van der Waals surface area contributed by atoms with Crippen LogP contribution in [0.4, 0.5) is 0 Å². The van der Waals surface area contributed by atoms with E-state index >= 15 is 0 Å². The number of nitrogens with two attached hydrogens (primary N) is 1. The van der Waals surface area contributed by atoms with Crippen molar-refractivity contribution in [3.05, 3.63) is 0 Å². The maximum Gasteiger partial charge on any atom is 0.307 e. The highest BCUT2D eigenvalue weighted by molar-refractivity contribution is 5.69. The molecule has 1 aliphatic heterocycles. The maximum atomic E-state index is 11.0. The van der Waals surface area contributed by atoms with Crippen molar-refractivity contribution in [2.24, 2.45) is 5.73 Å². The molecule has 0 aromatic rings. The van der Waals surface area contributed by atoms with Crippen LogP contribution < -0.4 is 5.73 Å². The van der Waals surface area contributed by atoms with Crippen LogP contribution in [0.2, 0.25) is 0 Å². The highest BCUT2D eigenvalue weighted by Gasteiger charge is 2.24. The van der Waals surface area contributed by atoms with E-state index in [9.17, 15) is 4.79 Å². The Labute approximate surface area is 79.0 Å². The molecule has 1 unspecified atom stereocenters. The lowest BCUT2D eigenvalue weighted by Crippen LogP contribution is -2.35. The third kappa shape index (κ3) is 2.97. The van der Waals surface area contributed by atoms with E-state index in [1.165, 1.54) is 7.11 Å². The summed E-state index contributed by atoms with van der Waals surface area (Å²) in [5.74, 6) is -0.145. The van der Waals surface area contributed by atoms with Gasteiger partial charge in [-0.2, -0.15) is 0 Å². The molecule has 0 aromatic heterocycles. The number of rotatable bonds is 3. The second-order valence-corrected chi connectivity index (χ2v) is 3.67. The zero-order valence-corrected chi connectivity index (χ0v) is 8.32. The topological polar surface area (TPSA) is 55.6 Å². The van der Waals surface area contributed by atoms with Crippen molar-refractivity contribution in [1.82, 2.24) is 4.90 Å². The first-order valence-corrected chi connectivity index (χ1v) is 4.70. The molecule has 76 valence electrons. The normalized spacial score (nSPS) is 25.9. The molecule has 1 saturated heterocycles. The molecule has 0 amide bonds. The molecule has 2 N–H and O–H groups in total. The quantitative estimate of drug-likeness (QED) is 0.629. The molecular formula is C9H18N2O2. The van der Waals surface area contributed by atoms with E-state index in [0.717, 1.165) is 19.5 Å². The standard InChI is InChI=1S/C9H18N2O2/c1-7(5-9(12)13-2)11-4-3-8(10)6-11/h7-8H,3-6,10H2,1-2H3/t7?,8-/m0/s1. The van der Waals surface area contributed by atoms with Gasteiger partial charge in [0.25, 0.3) is 0 Å². The smallest absolute Gasteiger partial charge is 0.307 e. The van der Waals surface area contributed by atoms with Crippen molar-refractivity contribution >= 4 is 5.97 Å². The lowest BCUT2D eigenvalue weighted by molar-refractivity contribution is -0.141. The number of nitrogens with zero attached hydrogens (tertiary/aromatic N) is 1. The molecule has 1 rings (SSSR count). The van der Waals surface area contributed by atoms with Gasteiger partial charge in [-0.15, -0.1) is 0 Å². The minimum atomic E-state index is -0.145. The molecule has 0 aromatic carbocycles. The molecule has 0 spiro atoms. The van der Waals surface area contributed by atoms with E-state index in [-0.39, 0.29) is 18.1 Å². The Hall–Kier alpha value is -0.610. The van der Waals surface area contributed by atoms with E-state index in [2.05, 4.69) is 9.64 Å². The summed E-state index contributed by atoms with van der Waals surface area (Å²) in [5, 5.41) is 0. The van der Waals surface area contributed by atoms with Gasteiger partial charge in [0.15, 0.2) is 0 Å². The fraction of sp³-hybridized carbons (Fsp3) is 0.889. The van der Waals surface area contributed by atoms with Gasteiger partial charge in [0.2, 0.25) is 0 Å². The average molecular weight is 186 g/mol. The first kappa shape index (κ1) is 10.5. The van der Waals surface area contributed by atoms with Crippen LogP contribution in [0.1, 0.15) is 19.8 Å². The van der Waals surface area contributed by atoms with Crippen LogP contribution in [0.25, 0.3) is 0 Å². The van der Waals surface area contributed by atoms with E-state index in [0.29, 0.717) is 6.42 Å². The van der Waals surface area contributed by atoms with Gasteiger partial charge in [-0.05, 0) is 13.3 Å². The third-order valence-electron chi connectivity index (χ3n) is 2.57. The molecule has 13 heavy (non-hydrogen) atoms. The summed E-state index contributed by atoms with van der Waals surface area (Å²) >= 11 is 0. The van der Waals surface area contributed by atoms with Crippen LogP contribution in [0, 0.1) is 0 Å². The van der Waals surface area contributed by atoms with Crippen molar-refractivity contribution < 1.29 is 9.53 Å². The van der Waals surface area contributed by atoms with Gasteiger partial charge >= 0.3 is 5.97 Å². The van der Waals surface area contributed by atoms with Crippen molar-refractivity contribution in [3.8, 4) is 0 Å². The predicted molar refractivity (Wildman–Crippen MR) is 50.3 cm³/mol. The zero-order chi connectivity index (χ0) is 9.84. The highest BCUT2D eigenvalue weighted by Crippen LogP contribution is 2.13. The lowest BCUT2D eigenvalue weighted by atomic mass is 10.2. The van der Waals surface area contributed by atoms with Gasteiger partial charge in [-0.3, -0.25) is 9.69 Å². The van der Waals surface area contributed by atoms with Crippen molar-refractivity contribution in [1.29, 1.82) is 0 Å². The number of hydrogen-bond acceptors (Lipinski definition) is 4. The molecule has 0 saturated carbocycles. The first-order valence-electron chi connectivity index (χ1n) is 4.70. The van der Waals surface area contributed by atoms with Crippen LogP contribution in [-0.2, 0) is 9.53 Å². The number of ether oxygens (including phenoxy) is 1. The zero-order valence-electron chi connectivity index (χ0n) is 8.32. The SMILES string of the molecule is COC(=O)CC(C)N1CC[C@H](N)C1. The Morgan fingerprint density at radius 3 is 2.92 bits per heavy atom. The monoisotopic (exact) mass is 186 g/mol. The Kier molecular flexibility index (Phi) is 3.69. The van der Waals surface area contributed by atoms with Crippen LogP contribution in [-0.4, -0.2) is 43.2 Å². The largest absolute Gasteiger partial charge is 0.469 e. The summed E-state index contributed by atoms with van der Waals surface area (Å²) in [6, 6.07) is 0.529. The summed E-state index contributed by atoms with van der Waals surface area (Å²) in [5.41, 5.74) is 5.77. The summed E-state index contributed by atoms with van der Waals surface area (Å²) < 4.78 is 4.61. The number of esters is 1. The van der Waals surface area contributed by atoms with Crippen LogP contribution >= 0.6 is 0 Å². The fourth-order valence-corrected chi connectivity index (χ4v) is 1.67. The van der Waals surface area contributed by atoms with E-state index < -0.39 is 0 Å². The van der Waals surface area contributed by atoms with Crippen molar-refractivity contribution in [3.63, 3.8) is 0 Å². The highest BCUT2D eigenvalue weighted by atomic mass is 16.5. The Morgan fingerprint density at radius 2 is 2.46 bits per heavy atom. The summed E-state index contributed by atoms with van der Waals surface area (Å²) in [7, 11) is 1.42. The molecular weight excluding hydrogens is 168 g/mol. The van der Waals surface area contributed by atoms with Gasteiger partial charge in [0.1, 0.15) is 0 Å². The summed E-state index contributed by atoms with van der Waals surface area (Å²) in [4.78, 5) is 13.2. The van der Waals surface area contributed by atoms with Gasteiger partial charge in [0, 0.05) is 25.2 Å². The Balaban J connectivity index is 2.31. The van der Waals surface area contributed by atoms with Crippen molar-refractivity contribution in [2.45, 2.75) is 31.8 Å². The molecule has 0 bridgehead atoms. The van der Waals surface area contributed by atoms with E-state index in [1.54, 1.807) is 0 Å².